The first-order valence-corrected chi connectivity index (χ1v) is 8.09. The lowest BCUT2D eigenvalue weighted by molar-refractivity contribution is 0.0733. The van der Waals surface area contributed by atoms with Crippen LogP contribution in [0.5, 0.6) is 11.5 Å². The van der Waals surface area contributed by atoms with Crippen LogP contribution in [0.1, 0.15) is 40.5 Å². The summed E-state index contributed by atoms with van der Waals surface area (Å²) in [5.74, 6) is 1.56. The summed E-state index contributed by atoms with van der Waals surface area (Å²) < 4.78 is 10.8. The van der Waals surface area contributed by atoms with E-state index in [-0.39, 0.29) is 11.9 Å². The van der Waals surface area contributed by atoms with Gasteiger partial charge in [-0.15, -0.1) is 0 Å². The zero-order valence-corrected chi connectivity index (χ0v) is 14.3. The van der Waals surface area contributed by atoms with Gasteiger partial charge in [0.1, 0.15) is 11.5 Å². The summed E-state index contributed by atoms with van der Waals surface area (Å²) in [5.41, 5.74) is 2.51. The summed E-state index contributed by atoms with van der Waals surface area (Å²) in [6.07, 6.45) is 3.53. The van der Waals surface area contributed by atoms with Crippen molar-refractivity contribution in [2.24, 2.45) is 0 Å². The fourth-order valence-corrected chi connectivity index (χ4v) is 3.19. The van der Waals surface area contributed by atoms with Crippen LogP contribution in [0.25, 0.3) is 0 Å². The molecule has 126 valence electrons. The predicted molar refractivity (Wildman–Crippen MR) is 91.5 cm³/mol. The number of hydrogen-bond donors (Lipinski definition) is 0. The summed E-state index contributed by atoms with van der Waals surface area (Å²) in [6, 6.07) is 9.41. The van der Waals surface area contributed by atoms with E-state index in [1.807, 2.05) is 42.2 Å². The second-order valence-electron chi connectivity index (χ2n) is 5.95. The lowest BCUT2D eigenvalue weighted by Crippen LogP contribution is -2.30. The van der Waals surface area contributed by atoms with Crippen molar-refractivity contribution in [2.75, 3.05) is 20.8 Å². The lowest BCUT2D eigenvalue weighted by atomic mass is 10.0. The molecule has 5 heteroatoms. The molecule has 1 saturated heterocycles. The molecule has 0 bridgehead atoms. The number of carbonyl (C=O) groups is 1. The predicted octanol–water partition coefficient (Wildman–Crippen LogP) is 3.38. The minimum absolute atomic E-state index is 0.00914. The third-order valence-corrected chi connectivity index (χ3v) is 4.47. The molecule has 1 atom stereocenters. The number of carbonyl (C=O) groups excluding carboxylic acids is 1. The number of benzene rings is 1. The number of aryl methyl sites for hydroxylation is 1. The molecule has 0 N–H and O–H groups in total. The lowest BCUT2D eigenvalue weighted by Gasteiger charge is -2.26. The van der Waals surface area contributed by atoms with E-state index in [0.29, 0.717) is 5.56 Å². The van der Waals surface area contributed by atoms with Crippen molar-refractivity contribution >= 4 is 5.91 Å². The quantitative estimate of drug-likeness (QED) is 0.864. The van der Waals surface area contributed by atoms with E-state index in [0.717, 1.165) is 42.1 Å². The number of nitrogens with zero attached hydrogens (tertiary/aromatic N) is 2. The number of methoxy groups -OCH3 is 2. The van der Waals surface area contributed by atoms with Crippen molar-refractivity contribution in [2.45, 2.75) is 25.8 Å². The zero-order valence-electron chi connectivity index (χ0n) is 14.3. The molecule has 2 heterocycles. The maximum Gasteiger partial charge on any atom is 0.255 e. The van der Waals surface area contributed by atoms with Gasteiger partial charge in [0, 0.05) is 24.0 Å². The molecule has 0 aliphatic carbocycles. The summed E-state index contributed by atoms with van der Waals surface area (Å²) >= 11 is 0. The van der Waals surface area contributed by atoms with Crippen LogP contribution >= 0.6 is 0 Å². The number of ether oxygens (including phenoxy) is 2. The molecule has 1 amide bonds. The van der Waals surface area contributed by atoms with E-state index in [1.165, 1.54) is 0 Å². The Morgan fingerprint density at radius 1 is 1.21 bits per heavy atom. The summed E-state index contributed by atoms with van der Waals surface area (Å²) in [6.45, 7) is 2.64. The Labute approximate surface area is 142 Å². The molecule has 1 aromatic heterocycles. The van der Waals surface area contributed by atoms with Gasteiger partial charge in [0.15, 0.2) is 0 Å². The number of hydrogen-bond acceptors (Lipinski definition) is 4. The van der Waals surface area contributed by atoms with Gasteiger partial charge < -0.3 is 14.4 Å². The Hall–Kier alpha value is -2.56. The molecular weight excluding hydrogens is 304 g/mol. The van der Waals surface area contributed by atoms with E-state index in [9.17, 15) is 4.79 Å². The molecule has 0 spiro atoms. The average molecular weight is 326 g/mol. The molecule has 1 unspecified atom stereocenters. The molecule has 3 rings (SSSR count). The van der Waals surface area contributed by atoms with Gasteiger partial charge in [-0.3, -0.25) is 9.78 Å². The molecule has 5 nitrogen and oxygen atoms in total. The average Bonchev–Trinajstić information content (AvgIpc) is 3.10. The zero-order chi connectivity index (χ0) is 17.1. The Morgan fingerprint density at radius 2 is 2.04 bits per heavy atom. The second kappa shape index (κ2) is 6.91. The normalized spacial score (nSPS) is 17.0. The van der Waals surface area contributed by atoms with Crippen LogP contribution in [-0.4, -0.2) is 36.6 Å². The van der Waals surface area contributed by atoms with E-state index in [1.54, 1.807) is 20.4 Å². The number of aromatic nitrogens is 1. The highest BCUT2D eigenvalue weighted by molar-refractivity contribution is 5.94. The Kier molecular flexibility index (Phi) is 4.69. The highest BCUT2D eigenvalue weighted by Crippen LogP contribution is 2.39. The van der Waals surface area contributed by atoms with Crippen LogP contribution in [0.15, 0.2) is 36.5 Å². The molecule has 0 radical (unpaired) electrons. The molecule has 0 saturated carbocycles. The third kappa shape index (κ3) is 3.07. The van der Waals surface area contributed by atoms with Crippen LogP contribution in [0.3, 0.4) is 0 Å². The summed E-state index contributed by atoms with van der Waals surface area (Å²) in [4.78, 5) is 19.1. The van der Waals surface area contributed by atoms with Crippen molar-refractivity contribution < 1.29 is 14.3 Å². The Bertz CT molecular complexity index is 728. The minimum Gasteiger partial charge on any atom is -0.497 e. The standard InChI is InChI=1S/C19H22N2O3/c1-13-6-7-14(12-20-13)19(22)21-10-4-5-17(21)16-11-15(23-2)8-9-18(16)24-3/h6-9,11-12,17H,4-5,10H2,1-3H3. The topological polar surface area (TPSA) is 51.7 Å². The highest BCUT2D eigenvalue weighted by Gasteiger charge is 2.32. The fourth-order valence-electron chi connectivity index (χ4n) is 3.19. The highest BCUT2D eigenvalue weighted by atomic mass is 16.5. The molecule has 1 fully saturated rings. The maximum absolute atomic E-state index is 12.9. The number of rotatable bonds is 4. The second-order valence-corrected chi connectivity index (χ2v) is 5.95. The first-order valence-electron chi connectivity index (χ1n) is 8.09. The van der Waals surface area contributed by atoms with Gasteiger partial charge in [-0.05, 0) is 50.1 Å². The van der Waals surface area contributed by atoms with E-state index in [4.69, 9.17) is 9.47 Å². The molecular formula is C19H22N2O3. The van der Waals surface area contributed by atoms with Crippen LogP contribution in [0.2, 0.25) is 0 Å². The number of amides is 1. The first kappa shape index (κ1) is 16.3. The van der Waals surface area contributed by atoms with Crippen molar-refractivity contribution in [3.8, 4) is 11.5 Å². The summed E-state index contributed by atoms with van der Waals surface area (Å²) in [7, 11) is 3.29. The molecule has 2 aromatic rings. The number of pyridine rings is 1. The van der Waals surface area contributed by atoms with Gasteiger partial charge in [0.2, 0.25) is 0 Å². The Morgan fingerprint density at radius 3 is 2.71 bits per heavy atom. The van der Waals surface area contributed by atoms with Gasteiger partial charge in [-0.25, -0.2) is 0 Å². The third-order valence-electron chi connectivity index (χ3n) is 4.47. The largest absolute Gasteiger partial charge is 0.497 e. The molecule has 1 aliphatic rings. The van der Waals surface area contributed by atoms with Gasteiger partial charge in [-0.1, -0.05) is 0 Å². The monoisotopic (exact) mass is 326 g/mol. The van der Waals surface area contributed by atoms with Crippen molar-refractivity contribution in [1.82, 2.24) is 9.88 Å². The summed E-state index contributed by atoms with van der Waals surface area (Å²) in [5, 5.41) is 0. The maximum atomic E-state index is 12.9. The van der Waals surface area contributed by atoms with Crippen molar-refractivity contribution in [3.05, 3.63) is 53.3 Å². The SMILES string of the molecule is COc1ccc(OC)c(C2CCCN2C(=O)c2ccc(C)nc2)c1. The van der Waals surface area contributed by atoms with Gasteiger partial charge >= 0.3 is 0 Å². The van der Waals surface area contributed by atoms with E-state index in [2.05, 4.69) is 4.98 Å². The smallest absolute Gasteiger partial charge is 0.255 e. The number of likely N-dealkylation sites (tertiary alicyclic amines) is 1. The van der Waals surface area contributed by atoms with Gasteiger partial charge in [0.25, 0.3) is 5.91 Å². The molecule has 1 aromatic carbocycles. The molecule has 24 heavy (non-hydrogen) atoms. The molecule has 1 aliphatic heterocycles. The Balaban J connectivity index is 1.93. The van der Waals surface area contributed by atoms with Gasteiger partial charge in [0.05, 0.1) is 25.8 Å². The fraction of sp³-hybridized carbons (Fsp3) is 0.368. The van der Waals surface area contributed by atoms with Crippen molar-refractivity contribution in [3.63, 3.8) is 0 Å². The van der Waals surface area contributed by atoms with Crippen LogP contribution in [-0.2, 0) is 0 Å². The van der Waals surface area contributed by atoms with E-state index < -0.39 is 0 Å². The van der Waals surface area contributed by atoms with Crippen LogP contribution < -0.4 is 9.47 Å². The van der Waals surface area contributed by atoms with Crippen LogP contribution in [0.4, 0.5) is 0 Å². The van der Waals surface area contributed by atoms with E-state index >= 15 is 0 Å². The van der Waals surface area contributed by atoms with Crippen LogP contribution in [0, 0.1) is 6.92 Å². The van der Waals surface area contributed by atoms with Gasteiger partial charge in [-0.2, -0.15) is 0 Å². The van der Waals surface area contributed by atoms with Crippen molar-refractivity contribution in [1.29, 1.82) is 0 Å². The first-order chi connectivity index (χ1) is 11.6. The minimum atomic E-state index is -0.0103.